The van der Waals surface area contributed by atoms with Crippen LogP contribution in [0.5, 0.6) is 0 Å². The molecule has 158 valence electrons. The van der Waals surface area contributed by atoms with E-state index in [4.69, 9.17) is 9.47 Å². The maximum Gasteiger partial charge on any atom is 0.305 e. The Balaban J connectivity index is 3.32. The Morgan fingerprint density at radius 2 is 1.15 bits per heavy atom. The van der Waals surface area contributed by atoms with Gasteiger partial charge in [0.1, 0.15) is 0 Å². The molecule has 0 unspecified atom stereocenters. The molecule has 27 heavy (non-hydrogen) atoms. The van der Waals surface area contributed by atoms with E-state index in [9.17, 15) is 9.59 Å². The van der Waals surface area contributed by atoms with Gasteiger partial charge in [0.15, 0.2) is 0 Å². The zero-order chi connectivity index (χ0) is 20.0. The third kappa shape index (κ3) is 20.8. The Labute approximate surface area is 167 Å². The molecule has 4 nitrogen and oxygen atoms in total. The zero-order valence-corrected chi connectivity index (χ0v) is 17.8. The zero-order valence-electron chi connectivity index (χ0n) is 17.8. The minimum atomic E-state index is -0.178. The molecule has 4 heteroatoms. The van der Waals surface area contributed by atoms with Gasteiger partial charge in [-0.2, -0.15) is 0 Å². The molecule has 0 saturated heterocycles. The van der Waals surface area contributed by atoms with Crippen LogP contribution in [0.2, 0.25) is 0 Å². The highest BCUT2D eigenvalue weighted by Crippen LogP contribution is 2.10. The molecular weight excluding hydrogens is 340 g/mol. The summed E-state index contributed by atoms with van der Waals surface area (Å²) in [5.41, 5.74) is 0. The number of esters is 2. The maximum absolute atomic E-state index is 11.6. The van der Waals surface area contributed by atoms with Crippen LogP contribution in [-0.4, -0.2) is 25.2 Å². The monoisotopic (exact) mass is 382 g/mol. The third-order valence-electron chi connectivity index (χ3n) is 4.47. The van der Waals surface area contributed by atoms with Crippen LogP contribution in [-0.2, 0) is 19.1 Å². The first-order valence-electron chi connectivity index (χ1n) is 11.2. The van der Waals surface area contributed by atoms with E-state index >= 15 is 0 Å². The molecule has 0 spiro atoms. The van der Waals surface area contributed by atoms with Gasteiger partial charge in [-0.3, -0.25) is 9.59 Å². The molecule has 0 bridgehead atoms. The van der Waals surface area contributed by atoms with Gasteiger partial charge in [-0.05, 0) is 32.1 Å². The quantitative estimate of drug-likeness (QED) is 0.145. The predicted molar refractivity (Wildman–Crippen MR) is 112 cm³/mol. The van der Waals surface area contributed by atoms with Crippen molar-refractivity contribution in [2.75, 3.05) is 13.2 Å². The first-order valence-corrected chi connectivity index (χ1v) is 11.2. The second-order valence-electron chi connectivity index (χ2n) is 7.14. The van der Waals surface area contributed by atoms with Crippen molar-refractivity contribution in [3.8, 4) is 0 Å². The van der Waals surface area contributed by atoms with Gasteiger partial charge in [0, 0.05) is 12.8 Å². The molecular formula is C23H42O4. The number of unbranched alkanes of at least 4 members (excludes halogenated alkanes) is 9. The molecule has 0 saturated carbocycles. The van der Waals surface area contributed by atoms with E-state index in [-0.39, 0.29) is 11.9 Å². The van der Waals surface area contributed by atoms with Crippen LogP contribution in [0.1, 0.15) is 110 Å². The van der Waals surface area contributed by atoms with Gasteiger partial charge in [0.25, 0.3) is 0 Å². The summed E-state index contributed by atoms with van der Waals surface area (Å²) in [4.78, 5) is 23.2. The van der Waals surface area contributed by atoms with Gasteiger partial charge in [-0.25, -0.2) is 0 Å². The molecule has 0 N–H and O–H groups in total. The average Bonchev–Trinajstić information content (AvgIpc) is 2.66. The third-order valence-corrected chi connectivity index (χ3v) is 4.47. The van der Waals surface area contributed by atoms with E-state index < -0.39 is 0 Å². The number of hydrogen-bond acceptors (Lipinski definition) is 4. The SMILES string of the molecule is CC/C=C\CCOC(=O)CCCCC(=O)OCCCCCCCCCCC. The molecule has 0 aromatic rings. The van der Waals surface area contributed by atoms with E-state index in [0.29, 0.717) is 38.9 Å². The molecule has 0 aliphatic carbocycles. The molecule has 0 aliphatic heterocycles. The summed E-state index contributed by atoms with van der Waals surface area (Å²) in [6.07, 6.45) is 19.3. The van der Waals surface area contributed by atoms with Crippen molar-refractivity contribution in [3.05, 3.63) is 12.2 Å². The fraction of sp³-hybridized carbons (Fsp3) is 0.826. The largest absolute Gasteiger partial charge is 0.466 e. The highest BCUT2D eigenvalue weighted by Gasteiger charge is 2.06. The predicted octanol–water partition coefficient (Wildman–Crippen LogP) is 6.52. The van der Waals surface area contributed by atoms with Gasteiger partial charge in [0.2, 0.25) is 0 Å². The van der Waals surface area contributed by atoms with E-state index in [1.54, 1.807) is 0 Å². The van der Waals surface area contributed by atoms with Crippen molar-refractivity contribution in [1.29, 1.82) is 0 Å². The van der Waals surface area contributed by atoms with Crippen molar-refractivity contribution in [3.63, 3.8) is 0 Å². The number of hydrogen-bond donors (Lipinski definition) is 0. The fourth-order valence-corrected chi connectivity index (χ4v) is 2.81. The van der Waals surface area contributed by atoms with Crippen LogP contribution in [0.25, 0.3) is 0 Å². The molecule has 0 aromatic carbocycles. The van der Waals surface area contributed by atoms with E-state index in [1.807, 2.05) is 6.08 Å². The van der Waals surface area contributed by atoms with Crippen LogP contribution >= 0.6 is 0 Å². The summed E-state index contributed by atoms with van der Waals surface area (Å²) in [6.45, 7) is 5.28. The highest BCUT2D eigenvalue weighted by atomic mass is 16.5. The molecule has 0 aliphatic rings. The summed E-state index contributed by atoms with van der Waals surface area (Å²) in [7, 11) is 0. The minimum Gasteiger partial charge on any atom is -0.466 e. The molecule has 0 fully saturated rings. The maximum atomic E-state index is 11.6. The summed E-state index contributed by atoms with van der Waals surface area (Å²) >= 11 is 0. The summed E-state index contributed by atoms with van der Waals surface area (Å²) < 4.78 is 10.4. The lowest BCUT2D eigenvalue weighted by molar-refractivity contribution is -0.145. The Bertz CT molecular complexity index is 377. The van der Waals surface area contributed by atoms with Gasteiger partial charge in [-0.15, -0.1) is 0 Å². The topological polar surface area (TPSA) is 52.6 Å². The number of carbonyl (C=O) groups excluding carboxylic acids is 2. The average molecular weight is 383 g/mol. The van der Waals surface area contributed by atoms with Crippen molar-refractivity contribution in [2.24, 2.45) is 0 Å². The smallest absolute Gasteiger partial charge is 0.305 e. The molecule has 0 heterocycles. The molecule has 0 atom stereocenters. The number of carbonyl (C=O) groups is 2. The van der Waals surface area contributed by atoms with Crippen LogP contribution < -0.4 is 0 Å². The molecule has 0 rings (SSSR count). The number of allylic oxidation sites excluding steroid dienone is 1. The fourth-order valence-electron chi connectivity index (χ4n) is 2.81. The number of ether oxygens (including phenoxy) is 2. The lowest BCUT2D eigenvalue weighted by Crippen LogP contribution is -2.07. The Kier molecular flexibility index (Phi) is 20.0. The molecule has 0 amide bonds. The van der Waals surface area contributed by atoms with E-state index in [2.05, 4.69) is 19.9 Å². The van der Waals surface area contributed by atoms with Crippen molar-refractivity contribution < 1.29 is 19.1 Å². The standard InChI is InChI=1S/C23H42O4/c1-3-5-7-9-10-11-12-13-17-21-27-23(25)19-15-14-18-22(24)26-20-16-8-6-4-2/h6,8H,3-5,7,9-21H2,1-2H3/b8-6-. The highest BCUT2D eigenvalue weighted by molar-refractivity contribution is 5.70. The Hall–Kier alpha value is -1.32. The van der Waals surface area contributed by atoms with Crippen LogP contribution in [0, 0.1) is 0 Å². The number of rotatable bonds is 19. The van der Waals surface area contributed by atoms with E-state index in [1.165, 1.54) is 44.9 Å². The Morgan fingerprint density at radius 1 is 0.630 bits per heavy atom. The first kappa shape index (κ1) is 25.7. The Morgan fingerprint density at radius 3 is 1.70 bits per heavy atom. The lowest BCUT2D eigenvalue weighted by atomic mass is 10.1. The summed E-state index contributed by atoms with van der Waals surface area (Å²) in [5.74, 6) is -0.324. The summed E-state index contributed by atoms with van der Waals surface area (Å²) in [5, 5.41) is 0. The van der Waals surface area contributed by atoms with Crippen molar-refractivity contribution in [2.45, 2.75) is 110 Å². The van der Waals surface area contributed by atoms with Crippen molar-refractivity contribution >= 4 is 11.9 Å². The van der Waals surface area contributed by atoms with Gasteiger partial charge >= 0.3 is 11.9 Å². The minimum absolute atomic E-state index is 0.146. The van der Waals surface area contributed by atoms with Crippen molar-refractivity contribution in [1.82, 2.24) is 0 Å². The van der Waals surface area contributed by atoms with Crippen LogP contribution in [0.3, 0.4) is 0 Å². The second kappa shape index (κ2) is 21.0. The first-order chi connectivity index (χ1) is 13.2. The molecule has 0 aromatic heterocycles. The van der Waals surface area contributed by atoms with Gasteiger partial charge < -0.3 is 9.47 Å². The van der Waals surface area contributed by atoms with Gasteiger partial charge in [0.05, 0.1) is 13.2 Å². The van der Waals surface area contributed by atoms with Crippen LogP contribution in [0.15, 0.2) is 12.2 Å². The van der Waals surface area contributed by atoms with E-state index in [0.717, 1.165) is 25.7 Å². The summed E-state index contributed by atoms with van der Waals surface area (Å²) in [6, 6.07) is 0. The normalized spacial score (nSPS) is 11.0. The lowest BCUT2D eigenvalue weighted by Gasteiger charge is -2.05. The second-order valence-corrected chi connectivity index (χ2v) is 7.14. The van der Waals surface area contributed by atoms with Crippen LogP contribution in [0.4, 0.5) is 0 Å². The molecule has 0 radical (unpaired) electrons. The van der Waals surface area contributed by atoms with Gasteiger partial charge in [-0.1, -0.05) is 77.4 Å².